The highest BCUT2D eigenvalue weighted by molar-refractivity contribution is 7.90. The van der Waals surface area contributed by atoms with Crippen LogP contribution in [0.4, 0.5) is 5.69 Å². The summed E-state index contributed by atoms with van der Waals surface area (Å²) in [5, 5.41) is 10.1. The highest BCUT2D eigenvalue weighted by Crippen LogP contribution is 2.31. The largest absolute Gasteiger partial charge is 0.398 e. The van der Waals surface area contributed by atoms with Gasteiger partial charge in [-0.25, -0.2) is 27.1 Å². The SMILES string of the molecule is CCC(C)c1cc(N)c(S(N)(=O)=O)cc1S(N)(=O)=O. The number of nitrogen functional groups attached to an aromatic ring is 1. The van der Waals surface area contributed by atoms with Crippen molar-refractivity contribution in [1.29, 1.82) is 0 Å². The van der Waals surface area contributed by atoms with Crippen LogP contribution in [0.15, 0.2) is 21.9 Å². The summed E-state index contributed by atoms with van der Waals surface area (Å²) in [5.74, 6) is -0.134. The molecular weight excluding hydrogens is 290 g/mol. The van der Waals surface area contributed by atoms with Gasteiger partial charge in [0.2, 0.25) is 20.0 Å². The normalized spacial score (nSPS) is 14.3. The van der Waals surface area contributed by atoms with E-state index < -0.39 is 24.9 Å². The van der Waals surface area contributed by atoms with Gasteiger partial charge in [0.25, 0.3) is 0 Å². The van der Waals surface area contributed by atoms with Crippen LogP contribution < -0.4 is 16.0 Å². The molecule has 1 atom stereocenters. The van der Waals surface area contributed by atoms with Crippen molar-refractivity contribution in [2.75, 3.05) is 5.73 Å². The van der Waals surface area contributed by atoms with Gasteiger partial charge in [0, 0.05) is 0 Å². The molecule has 0 aromatic heterocycles. The second-order valence-corrected chi connectivity index (χ2v) is 7.39. The lowest BCUT2D eigenvalue weighted by molar-refractivity contribution is 0.592. The zero-order valence-electron chi connectivity index (χ0n) is 10.6. The van der Waals surface area contributed by atoms with Crippen LogP contribution in [0.2, 0.25) is 0 Å². The Bertz CT molecular complexity index is 696. The highest BCUT2D eigenvalue weighted by atomic mass is 32.2. The van der Waals surface area contributed by atoms with Gasteiger partial charge in [-0.05, 0) is 30.0 Å². The van der Waals surface area contributed by atoms with Crippen LogP contribution in [-0.2, 0) is 20.0 Å². The Balaban J connectivity index is 3.75. The lowest BCUT2D eigenvalue weighted by Gasteiger charge is -2.16. The minimum atomic E-state index is -4.11. The van der Waals surface area contributed by atoms with Gasteiger partial charge in [-0.1, -0.05) is 13.8 Å². The van der Waals surface area contributed by atoms with E-state index in [0.29, 0.717) is 12.0 Å². The van der Waals surface area contributed by atoms with E-state index in [1.54, 1.807) is 6.92 Å². The van der Waals surface area contributed by atoms with Gasteiger partial charge in [0.05, 0.1) is 10.6 Å². The first-order chi connectivity index (χ1) is 8.48. The van der Waals surface area contributed by atoms with Crippen molar-refractivity contribution in [3.8, 4) is 0 Å². The van der Waals surface area contributed by atoms with Gasteiger partial charge in [-0.2, -0.15) is 0 Å². The molecule has 1 aromatic carbocycles. The van der Waals surface area contributed by atoms with Crippen LogP contribution in [-0.4, -0.2) is 16.8 Å². The number of sulfonamides is 2. The van der Waals surface area contributed by atoms with Crippen LogP contribution >= 0.6 is 0 Å². The first-order valence-corrected chi connectivity index (χ1v) is 8.56. The summed E-state index contributed by atoms with van der Waals surface area (Å²) in [6.45, 7) is 3.65. The Hall–Kier alpha value is -1.16. The summed E-state index contributed by atoms with van der Waals surface area (Å²) < 4.78 is 45.8. The van der Waals surface area contributed by atoms with Crippen LogP contribution in [0.1, 0.15) is 31.7 Å². The molecule has 108 valence electrons. The standard InChI is InChI=1S/C10H17N3O4S2/c1-3-6(2)7-4-8(11)10(19(13,16)17)5-9(7)18(12,14)15/h4-6H,3,11H2,1-2H3,(H2,12,14,15)(H2,13,16,17). The number of benzene rings is 1. The average molecular weight is 307 g/mol. The fraction of sp³-hybridized carbons (Fsp3) is 0.400. The van der Waals surface area contributed by atoms with Gasteiger partial charge in [0.1, 0.15) is 4.90 Å². The van der Waals surface area contributed by atoms with Gasteiger partial charge >= 0.3 is 0 Å². The molecule has 6 N–H and O–H groups in total. The summed E-state index contributed by atoms with van der Waals surface area (Å²) in [7, 11) is -8.17. The number of anilines is 1. The molecule has 0 heterocycles. The van der Waals surface area contributed by atoms with E-state index in [4.69, 9.17) is 16.0 Å². The molecular formula is C10H17N3O4S2. The average Bonchev–Trinajstić information content (AvgIpc) is 2.24. The number of hydrogen-bond acceptors (Lipinski definition) is 5. The van der Waals surface area contributed by atoms with Crippen LogP contribution in [0, 0.1) is 0 Å². The smallest absolute Gasteiger partial charge is 0.240 e. The number of hydrogen-bond donors (Lipinski definition) is 3. The number of primary sulfonamides is 2. The molecule has 1 unspecified atom stereocenters. The molecule has 1 rings (SSSR count). The molecule has 7 nitrogen and oxygen atoms in total. The fourth-order valence-electron chi connectivity index (χ4n) is 1.69. The molecule has 0 aliphatic rings. The Morgan fingerprint density at radius 2 is 1.53 bits per heavy atom. The molecule has 9 heteroatoms. The number of nitrogens with two attached hydrogens (primary N) is 3. The summed E-state index contributed by atoms with van der Waals surface area (Å²) in [6, 6.07) is 2.22. The third-order valence-corrected chi connectivity index (χ3v) is 4.83. The van der Waals surface area contributed by atoms with E-state index in [-0.39, 0.29) is 16.5 Å². The van der Waals surface area contributed by atoms with E-state index in [2.05, 4.69) is 0 Å². The highest BCUT2D eigenvalue weighted by Gasteiger charge is 2.23. The summed E-state index contributed by atoms with van der Waals surface area (Å²) in [6.07, 6.45) is 0.649. The molecule has 0 aliphatic carbocycles. The second kappa shape index (κ2) is 5.08. The quantitative estimate of drug-likeness (QED) is 0.674. The maximum Gasteiger partial charge on any atom is 0.240 e. The first kappa shape index (κ1) is 15.9. The summed E-state index contributed by atoms with van der Waals surface area (Å²) in [5.41, 5.74) is 5.91. The van der Waals surface area contributed by atoms with E-state index in [1.807, 2.05) is 6.92 Å². The van der Waals surface area contributed by atoms with Crippen LogP contribution in [0.5, 0.6) is 0 Å². The third kappa shape index (κ3) is 3.44. The molecule has 0 radical (unpaired) electrons. The van der Waals surface area contributed by atoms with Crippen molar-refractivity contribution in [3.63, 3.8) is 0 Å². The second-order valence-electron chi connectivity index (χ2n) is 4.33. The number of rotatable bonds is 4. The zero-order valence-corrected chi connectivity index (χ0v) is 12.3. The van der Waals surface area contributed by atoms with Crippen molar-refractivity contribution < 1.29 is 16.8 Å². The molecule has 0 saturated heterocycles. The minimum absolute atomic E-state index is 0.0924. The van der Waals surface area contributed by atoms with Crippen molar-refractivity contribution in [2.24, 2.45) is 10.3 Å². The van der Waals surface area contributed by atoms with Crippen molar-refractivity contribution in [2.45, 2.75) is 36.0 Å². The molecule has 0 saturated carbocycles. The fourth-order valence-corrected chi connectivity index (χ4v) is 3.31. The maximum absolute atomic E-state index is 11.6. The monoisotopic (exact) mass is 307 g/mol. The van der Waals surface area contributed by atoms with E-state index in [1.165, 1.54) is 6.07 Å². The Morgan fingerprint density at radius 1 is 1.05 bits per heavy atom. The van der Waals surface area contributed by atoms with E-state index in [0.717, 1.165) is 6.07 Å². The minimum Gasteiger partial charge on any atom is -0.398 e. The van der Waals surface area contributed by atoms with Crippen molar-refractivity contribution in [3.05, 3.63) is 17.7 Å². The Morgan fingerprint density at radius 3 is 1.89 bits per heavy atom. The Labute approximate surface area is 112 Å². The topological polar surface area (TPSA) is 146 Å². The summed E-state index contributed by atoms with van der Waals surface area (Å²) >= 11 is 0. The zero-order chi connectivity index (χ0) is 15.0. The predicted octanol–water partition coefficient (Wildman–Crippen LogP) is 0.0771. The predicted molar refractivity (Wildman–Crippen MR) is 72.3 cm³/mol. The van der Waals surface area contributed by atoms with E-state index in [9.17, 15) is 16.8 Å². The third-order valence-electron chi connectivity index (χ3n) is 2.90. The first-order valence-electron chi connectivity index (χ1n) is 5.47. The van der Waals surface area contributed by atoms with Gasteiger partial charge in [-0.15, -0.1) is 0 Å². The lowest BCUT2D eigenvalue weighted by Crippen LogP contribution is -2.20. The van der Waals surface area contributed by atoms with Gasteiger partial charge < -0.3 is 5.73 Å². The molecule has 19 heavy (non-hydrogen) atoms. The molecule has 1 aromatic rings. The molecule has 0 fully saturated rings. The van der Waals surface area contributed by atoms with Gasteiger partial charge in [0.15, 0.2) is 0 Å². The van der Waals surface area contributed by atoms with E-state index >= 15 is 0 Å². The lowest BCUT2D eigenvalue weighted by atomic mass is 9.98. The summed E-state index contributed by atoms with van der Waals surface area (Å²) in [4.78, 5) is -0.705. The molecule has 0 spiro atoms. The van der Waals surface area contributed by atoms with Gasteiger partial charge in [-0.3, -0.25) is 0 Å². The van der Waals surface area contributed by atoms with Crippen molar-refractivity contribution in [1.82, 2.24) is 0 Å². The molecule has 0 aliphatic heterocycles. The Kier molecular flexibility index (Phi) is 4.25. The molecule has 0 bridgehead atoms. The molecule has 0 amide bonds. The van der Waals surface area contributed by atoms with Crippen LogP contribution in [0.25, 0.3) is 0 Å². The van der Waals surface area contributed by atoms with Crippen LogP contribution in [0.3, 0.4) is 0 Å². The van der Waals surface area contributed by atoms with Crippen molar-refractivity contribution >= 4 is 25.7 Å². The maximum atomic E-state index is 11.6.